The SMILES string of the molecule is Clc1cc(-n2c(Cl)nc3ccccc32)ncn1. The zero-order chi connectivity index (χ0) is 11.8. The molecule has 0 radical (unpaired) electrons. The second kappa shape index (κ2) is 3.98. The van der Waals surface area contributed by atoms with Crippen LogP contribution in [-0.2, 0) is 0 Å². The third-order valence-corrected chi connectivity index (χ3v) is 2.83. The summed E-state index contributed by atoms with van der Waals surface area (Å²) in [5.41, 5.74) is 1.69. The molecular weight excluding hydrogens is 259 g/mol. The number of rotatable bonds is 1. The van der Waals surface area contributed by atoms with E-state index in [1.54, 1.807) is 10.6 Å². The highest BCUT2D eigenvalue weighted by atomic mass is 35.5. The Morgan fingerprint density at radius 2 is 1.88 bits per heavy atom. The monoisotopic (exact) mass is 264 g/mol. The van der Waals surface area contributed by atoms with E-state index in [4.69, 9.17) is 23.2 Å². The molecule has 0 N–H and O–H groups in total. The molecule has 1 aromatic carbocycles. The van der Waals surface area contributed by atoms with Gasteiger partial charge in [-0.1, -0.05) is 23.7 Å². The molecule has 0 saturated carbocycles. The Morgan fingerprint density at radius 3 is 2.71 bits per heavy atom. The number of hydrogen-bond acceptors (Lipinski definition) is 3. The second-order valence-electron chi connectivity index (χ2n) is 3.40. The third-order valence-electron chi connectivity index (χ3n) is 2.37. The van der Waals surface area contributed by atoms with Crippen molar-refractivity contribution in [2.45, 2.75) is 0 Å². The lowest BCUT2D eigenvalue weighted by Crippen LogP contribution is -1.97. The summed E-state index contributed by atoms with van der Waals surface area (Å²) in [6.07, 6.45) is 1.39. The molecule has 3 aromatic rings. The van der Waals surface area contributed by atoms with Crippen LogP contribution in [0.5, 0.6) is 0 Å². The molecule has 0 aliphatic heterocycles. The van der Waals surface area contributed by atoms with E-state index >= 15 is 0 Å². The Bertz CT molecular complexity index is 693. The molecule has 6 heteroatoms. The van der Waals surface area contributed by atoms with Crippen LogP contribution in [0.1, 0.15) is 0 Å². The molecule has 4 nitrogen and oxygen atoms in total. The van der Waals surface area contributed by atoms with Gasteiger partial charge < -0.3 is 0 Å². The van der Waals surface area contributed by atoms with Crippen molar-refractivity contribution in [1.82, 2.24) is 19.5 Å². The average Bonchev–Trinajstić information content (AvgIpc) is 2.64. The molecule has 17 heavy (non-hydrogen) atoms. The summed E-state index contributed by atoms with van der Waals surface area (Å²) in [7, 11) is 0. The molecular formula is C11H6Cl2N4. The lowest BCUT2D eigenvalue weighted by atomic mass is 10.3. The maximum absolute atomic E-state index is 6.10. The van der Waals surface area contributed by atoms with Gasteiger partial charge in [-0.2, -0.15) is 0 Å². The zero-order valence-corrected chi connectivity index (χ0v) is 10.0. The number of benzene rings is 1. The molecule has 2 aromatic heterocycles. The largest absolute Gasteiger partial charge is 0.267 e. The molecule has 0 bridgehead atoms. The van der Waals surface area contributed by atoms with Gasteiger partial charge >= 0.3 is 0 Å². The van der Waals surface area contributed by atoms with Crippen LogP contribution in [0.25, 0.3) is 16.9 Å². The van der Waals surface area contributed by atoms with Crippen LogP contribution in [-0.4, -0.2) is 19.5 Å². The van der Waals surface area contributed by atoms with Gasteiger partial charge in [0.15, 0.2) is 0 Å². The maximum atomic E-state index is 6.10. The van der Waals surface area contributed by atoms with E-state index in [0.717, 1.165) is 11.0 Å². The van der Waals surface area contributed by atoms with Gasteiger partial charge in [0.1, 0.15) is 17.3 Å². The van der Waals surface area contributed by atoms with Gasteiger partial charge in [0.05, 0.1) is 11.0 Å². The fraction of sp³-hybridized carbons (Fsp3) is 0. The quantitative estimate of drug-likeness (QED) is 0.635. The number of hydrogen-bond donors (Lipinski definition) is 0. The van der Waals surface area contributed by atoms with E-state index < -0.39 is 0 Å². The molecule has 84 valence electrons. The molecule has 0 amide bonds. The van der Waals surface area contributed by atoms with Gasteiger partial charge in [0.25, 0.3) is 0 Å². The highest BCUT2D eigenvalue weighted by Crippen LogP contribution is 2.23. The molecule has 3 rings (SSSR count). The van der Waals surface area contributed by atoms with Gasteiger partial charge in [0.2, 0.25) is 5.28 Å². The van der Waals surface area contributed by atoms with Crippen molar-refractivity contribution in [3.05, 3.63) is 47.1 Å². The van der Waals surface area contributed by atoms with Crippen LogP contribution < -0.4 is 0 Å². The molecule has 0 fully saturated rings. The minimum atomic E-state index is 0.348. The molecule has 0 spiro atoms. The normalized spacial score (nSPS) is 10.9. The Labute approximate surface area is 107 Å². The number of aromatic nitrogens is 4. The smallest absolute Gasteiger partial charge is 0.209 e. The number of halogens is 2. The van der Waals surface area contributed by atoms with Crippen LogP contribution in [0.3, 0.4) is 0 Å². The van der Waals surface area contributed by atoms with Gasteiger partial charge in [-0.05, 0) is 23.7 Å². The first-order chi connectivity index (χ1) is 8.25. The summed E-state index contributed by atoms with van der Waals surface area (Å²) in [4.78, 5) is 12.2. The van der Waals surface area contributed by atoms with E-state index in [1.807, 2.05) is 24.3 Å². The summed E-state index contributed by atoms with van der Waals surface area (Å²) in [5.74, 6) is 0.601. The molecule has 0 aliphatic carbocycles. The van der Waals surface area contributed by atoms with Crippen molar-refractivity contribution in [2.24, 2.45) is 0 Å². The van der Waals surface area contributed by atoms with Crippen molar-refractivity contribution < 1.29 is 0 Å². The van der Waals surface area contributed by atoms with Gasteiger partial charge in [0, 0.05) is 6.07 Å². The standard InChI is InChI=1S/C11H6Cl2N4/c12-9-5-10(15-6-14-9)17-8-4-2-1-3-7(8)16-11(17)13/h1-6H. The zero-order valence-electron chi connectivity index (χ0n) is 8.51. The lowest BCUT2D eigenvalue weighted by molar-refractivity contribution is 0.996. The van der Waals surface area contributed by atoms with Crippen molar-refractivity contribution in [1.29, 1.82) is 0 Å². The predicted octanol–water partition coefficient (Wildman–Crippen LogP) is 3.12. The van der Waals surface area contributed by atoms with E-state index in [2.05, 4.69) is 15.0 Å². The molecule has 0 unspecified atom stereocenters. The molecule has 0 aliphatic rings. The first-order valence-electron chi connectivity index (χ1n) is 4.86. The molecule has 2 heterocycles. The predicted molar refractivity (Wildman–Crippen MR) is 66.7 cm³/mol. The fourth-order valence-electron chi connectivity index (χ4n) is 1.66. The van der Waals surface area contributed by atoms with E-state index in [9.17, 15) is 0 Å². The first-order valence-corrected chi connectivity index (χ1v) is 5.62. The Balaban J connectivity index is 2.33. The van der Waals surface area contributed by atoms with Crippen LogP contribution in [0, 0.1) is 0 Å². The Morgan fingerprint density at radius 1 is 1.06 bits per heavy atom. The molecule has 0 saturated heterocycles. The summed E-state index contributed by atoms with van der Waals surface area (Å²) < 4.78 is 1.73. The lowest BCUT2D eigenvalue weighted by Gasteiger charge is -2.03. The first kappa shape index (κ1) is 10.5. The fourth-order valence-corrected chi connectivity index (χ4v) is 2.07. The molecule has 0 atom stereocenters. The van der Waals surface area contributed by atoms with Gasteiger partial charge in [-0.25, -0.2) is 15.0 Å². The highest BCUT2D eigenvalue weighted by molar-refractivity contribution is 6.30. The van der Waals surface area contributed by atoms with E-state index in [0.29, 0.717) is 16.3 Å². The third kappa shape index (κ3) is 1.75. The van der Waals surface area contributed by atoms with Crippen LogP contribution in [0.4, 0.5) is 0 Å². The summed E-state index contributed by atoms with van der Waals surface area (Å²) in [5, 5.41) is 0.713. The summed E-state index contributed by atoms with van der Waals surface area (Å²) in [6, 6.07) is 9.27. The van der Waals surface area contributed by atoms with E-state index in [-0.39, 0.29) is 0 Å². The van der Waals surface area contributed by atoms with Crippen molar-refractivity contribution in [3.63, 3.8) is 0 Å². The topological polar surface area (TPSA) is 43.6 Å². The Kier molecular flexibility index (Phi) is 2.46. The minimum Gasteiger partial charge on any atom is -0.267 e. The van der Waals surface area contributed by atoms with Gasteiger partial charge in [-0.3, -0.25) is 4.57 Å². The Hall–Kier alpha value is -1.65. The summed E-state index contributed by atoms with van der Waals surface area (Å²) in [6.45, 7) is 0. The van der Waals surface area contributed by atoms with Crippen LogP contribution in [0.2, 0.25) is 10.4 Å². The van der Waals surface area contributed by atoms with Crippen molar-refractivity contribution >= 4 is 34.2 Å². The average molecular weight is 265 g/mol. The van der Waals surface area contributed by atoms with Crippen LogP contribution >= 0.6 is 23.2 Å². The van der Waals surface area contributed by atoms with Crippen LogP contribution in [0.15, 0.2) is 36.7 Å². The summed E-state index contributed by atoms with van der Waals surface area (Å²) >= 11 is 11.9. The maximum Gasteiger partial charge on any atom is 0.209 e. The minimum absolute atomic E-state index is 0.348. The van der Waals surface area contributed by atoms with Gasteiger partial charge in [-0.15, -0.1) is 0 Å². The van der Waals surface area contributed by atoms with E-state index in [1.165, 1.54) is 6.33 Å². The number of nitrogens with zero attached hydrogens (tertiary/aromatic N) is 4. The number of para-hydroxylation sites is 2. The van der Waals surface area contributed by atoms with Crippen molar-refractivity contribution in [2.75, 3.05) is 0 Å². The number of imidazole rings is 1. The van der Waals surface area contributed by atoms with Crippen molar-refractivity contribution in [3.8, 4) is 5.82 Å². The second-order valence-corrected chi connectivity index (χ2v) is 4.13. The highest BCUT2D eigenvalue weighted by Gasteiger charge is 2.11. The number of fused-ring (bicyclic) bond motifs is 1.